The van der Waals surface area contributed by atoms with E-state index in [1.54, 1.807) is 18.2 Å². The van der Waals surface area contributed by atoms with Crippen LogP contribution in [0.25, 0.3) is 0 Å². The molecule has 0 saturated carbocycles. The Kier molecular flexibility index (Phi) is 3.31. The van der Waals surface area contributed by atoms with Gasteiger partial charge in [-0.1, -0.05) is 27.5 Å². The van der Waals surface area contributed by atoms with Crippen LogP contribution in [0.3, 0.4) is 0 Å². The Bertz CT molecular complexity index is 318. The Morgan fingerprint density at radius 3 is 2.75 bits per heavy atom. The van der Waals surface area contributed by atoms with Crippen LogP contribution in [-0.4, -0.2) is 5.17 Å². The van der Waals surface area contributed by atoms with Gasteiger partial charge in [-0.2, -0.15) is 0 Å². The van der Waals surface area contributed by atoms with Gasteiger partial charge in [0.2, 0.25) is 0 Å². The first-order valence-electron chi connectivity index (χ1n) is 3.02. The quantitative estimate of drug-likeness (QED) is 0.794. The van der Waals surface area contributed by atoms with Crippen LogP contribution in [0.2, 0.25) is 5.02 Å². The first kappa shape index (κ1) is 9.77. The first-order chi connectivity index (χ1) is 5.59. The fourth-order valence-corrected chi connectivity index (χ4v) is 1.47. The maximum absolute atomic E-state index is 5.80. The Balaban J connectivity index is 2.93. The smallest absolute Gasteiger partial charge is 0.259 e. The zero-order valence-electron chi connectivity index (χ0n) is 5.88. The van der Waals surface area contributed by atoms with Gasteiger partial charge in [-0.25, -0.2) is 0 Å². The summed E-state index contributed by atoms with van der Waals surface area (Å²) in [7, 11) is 0. The van der Waals surface area contributed by atoms with Crippen molar-refractivity contribution in [2.24, 2.45) is 5.73 Å². The van der Waals surface area contributed by atoms with E-state index < -0.39 is 0 Å². The minimum atomic E-state index is -0.0424. The molecule has 1 aromatic carbocycles. The molecule has 2 N–H and O–H groups in total. The van der Waals surface area contributed by atoms with Crippen LogP contribution in [0.15, 0.2) is 22.7 Å². The summed E-state index contributed by atoms with van der Waals surface area (Å²) in [5, 5.41) is 0.427. The van der Waals surface area contributed by atoms with Gasteiger partial charge in [-0.3, -0.25) is 0 Å². The average molecular weight is 267 g/mol. The Hall–Kier alpha value is -0.320. The van der Waals surface area contributed by atoms with E-state index in [9.17, 15) is 0 Å². The zero-order valence-corrected chi connectivity index (χ0v) is 9.04. The third-order valence-corrected chi connectivity index (χ3v) is 1.98. The van der Waals surface area contributed by atoms with Crippen molar-refractivity contribution in [1.29, 1.82) is 0 Å². The topological polar surface area (TPSA) is 35.2 Å². The average Bonchev–Trinajstić information content (AvgIpc) is 1.94. The van der Waals surface area contributed by atoms with Crippen LogP contribution >= 0.6 is 39.7 Å². The van der Waals surface area contributed by atoms with Crippen LogP contribution < -0.4 is 10.5 Å². The van der Waals surface area contributed by atoms with E-state index >= 15 is 0 Å². The molecule has 0 unspecified atom stereocenters. The molecule has 1 rings (SSSR count). The maximum Gasteiger partial charge on any atom is 0.259 e. The Morgan fingerprint density at radius 2 is 2.25 bits per heavy atom. The summed E-state index contributed by atoms with van der Waals surface area (Å²) in [5.74, 6) is 0.465. The summed E-state index contributed by atoms with van der Waals surface area (Å²) in [5.41, 5.74) is 5.17. The summed E-state index contributed by atoms with van der Waals surface area (Å²) >= 11 is 13.6. The van der Waals surface area contributed by atoms with Crippen molar-refractivity contribution in [3.8, 4) is 5.75 Å². The van der Waals surface area contributed by atoms with E-state index in [0.717, 1.165) is 4.47 Å². The minimum absolute atomic E-state index is 0.0424. The third-order valence-electron chi connectivity index (χ3n) is 1.10. The fourth-order valence-electron chi connectivity index (χ4n) is 0.666. The molecule has 0 amide bonds. The molecular formula is C7H5BrClNOS. The van der Waals surface area contributed by atoms with Crippen molar-refractivity contribution in [1.82, 2.24) is 0 Å². The molecule has 0 aliphatic heterocycles. The minimum Gasteiger partial charge on any atom is -0.430 e. The molecule has 2 nitrogen and oxygen atoms in total. The SMILES string of the molecule is NC(=S)Oc1ccc(Br)cc1Cl. The predicted molar refractivity (Wildman–Crippen MR) is 56.6 cm³/mol. The van der Waals surface area contributed by atoms with Crippen LogP contribution in [0.4, 0.5) is 0 Å². The fraction of sp³-hybridized carbons (Fsp3) is 0. The van der Waals surface area contributed by atoms with Gasteiger partial charge in [0, 0.05) is 4.47 Å². The highest BCUT2D eigenvalue weighted by Gasteiger charge is 2.02. The number of hydrogen-bond donors (Lipinski definition) is 1. The van der Waals surface area contributed by atoms with Crippen LogP contribution in [-0.2, 0) is 0 Å². The molecule has 0 aliphatic rings. The summed E-state index contributed by atoms with van der Waals surface area (Å²) in [6.45, 7) is 0. The van der Waals surface area contributed by atoms with E-state index in [0.29, 0.717) is 10.8 Å². The number of benzene rings is 1. The number of ether oxygens (including phenoxy) is 1. The molecule has 0 atom stereocenters. The molecule has 5 heteroatoms. The molecule has 1 aromatic rings. The Labute approximate surface area is 88.8 Å². The Morgan fingerprint density at radius 1 is 1.58 bits per heavy atom. The zero-order chi connectivity index (χ0) is 9.14. The second-order valence-electron chi connectivity index (χ2n) is 2.00. The molecule has 0 aromatic heterocycles. The number of hydrogen-bond acceptors (Lipinski definition) is 2. The summed E-state index contributed by atoms with van der Waals surface area (Å²) in [4.78, 5) is 0. The molecule has 12 heavy (non-hydrogen) atoms. The van der Waals surface area contributed by atoms with Crippen LogP contribution in [0.1, 0.15) is 0 Å². The molecule has 0 aliphatic carbocycles. The largest absolute Gasteiger partial charge is 0.430 e. The van der Waals surface area contributed by atoms with E-state index in [1.807, 2.05) is 0 Å². The third kappa shape index (κ3) is 2.62. The molecule has 0 radical (unpaired) electrons. The lowest BCUT2D eigenvalue weighted by atomic mass is 10.3. The maximum atomic E-state index is 5.80. The van der Waals surface area contributed by atoms with Gasteiger partial charge in [-0.05, 0) is 30.4 Å². The van der Waals surface area contributed by atoms with Crippen LogP contribution in [0.5, 0.6) is 5.75 Å². The highest BCUT2D eigenvalue weighted by molar-refractivity contribution is 9.10. The monoisotopic (exact) mass is 265 g/mol. The number of thiocarbonyl (C=S) groups is 1. The van der Waals surface area contributed by atoms with Gasteiger partial charge < -0.3 is 10.5 Å². The molecule has 0 bridgehead atoms. The molecule has 0 heterocycles. The van der Waals surface area contributed by atoms with Gasteiger partial charge >= 0.3 is 0 Å². The van der Waals surface area contributed by atoms with Crippen molar-refractivity contribution in [3.63, 3.8) is 0 Å². The molecule has 0 spiro atoms. The number of rotatable bonds is 1. The van der Waals surface area contributed by atoms with E-state index in [2.05, 4.69) is 28.1 Å². The van der Waals surface area contributed by atoms with E-state index in [4.69, 9.17) is 22.1 Å². The second-order valence-corrected chi connectivity index (χ2v) is 3.72. The molecular weight excluding hydrogens is 262 g/mol. The summed E-state index contributed by atoms with van der Waals surface area (Å²) in [6, 6.07) is 5.18. The van der Waals surface area contributed by atoms with Gasteiger partial charge in [0.25, 0.3) is 5.17 Å². The predicted octanol–water partition coefficient (Wildman–Crippen LogP) is 2.72. The lowest BCUT2D eigenvalue weighted by Gasteiger charge is -2.04. The van der Waals surface area contributed by atoms with Gasteiger partial charge in [-0.15, -0.1) is 0 Å². The van der Waals surface area contributed by atoms with Gasteiger partial charge in [0.15, 0.2) is 0 Å². The van der Waals surface area contributed by atoms with Crippen molar-refractivity contribution in [2.75, 3.05) is 0 Å². The normalized spacial score (nSPS) is 9.50. The lowest BCUT2D eigenvalue weighted by Crippen LogP contribution is -2.15. The first-order valence-corrected chi connectivity index (χ1v) is 4.60. The lowest BCUT2D eigenvalue weighted by molar-refractivity contribution is 0.557. The molecule has 0 saturated heterocycles. The van der Waals surface area contributed by atoms with E-state index in [-0.39, 0.29) is 5.17 Å². The van der Waals surface area contributed by atoms with Crippen LogP contribution in [0, 0.1) is 0 Å². The number of nitrogens with two attached hydrogens (primary N) is 1. The van der Waals surface area contributed by atoms with Crippen molar-refractivity contribution in [3.05, 3.63) is 27.7 Å². The van der Waals surface area contributed by atoms with Gasteiger partial charge in [0.05, 0.1) is 5.02 Å². The van der Waals surface area contributed by atoms with E-state index in [1.165, 1.54) is 0 Å². The standard InChI is InChI=1S/C7H5BrClNOS/c8-4-1-2-6(5(9)3-4)11-7(10)12/h1-3H,(H2,10,12). The molecule has 0 fully saturated rings. The van der Waals surface area contributed by atoms with Gasteiger partial charge in [0.1, 0.15) is 5.75 Å². The molecule has 64 valence electrons. The van der Waals surface area contributed by atoms with Crippen molar-refractivity contribution >= 4 is 44.9 Å². The second kappa shape index (κ2) is 4.07. The number of halogens is 2. The highest BCUT2D eigenvalue weighted by atomic mass is 79.9. The summed E-state index contributed by atoms with van der Waals surface area (Å²) < 4.78 is 5.83. The highest BCUT2D eigenvalue weighted by Crippen LogP contribution is 2.27. The van der Waals surface area contributed by atoms with Crippen molar-refractivity contribution < 1.29 is 4.74 Å². The summed E-state index contributed by atoms with van der Waals surface area (Å²) in [6.07, 6.45) is 0. The van der Waals surface area contributed by atoms with Crippen molar-refractivity contribution in [2.45, 2.75) is 0 Å².